The molecule has 1 atom stereocenters. The highest BCUT2D eigenvalue weighted by molar-refractivity contribution is 5.54. The molecule has 5 heteroatoms. The molecule has 21 heavy (non-hydrogen) atoms. The van der Waals surface area contributed by atoms with Gasteiger partial charge in [-0.05, 0) is 56.1 Å². The number of nitrogens with zero attached hydrogens (tertiary/aromatic N) is 2. The number of anilines is 2. The number of hydrogen-bond donors (Lipinski definition) is 2. The summed E-state index contributed by atoms with van der Waals surface area (Å²) in [6, 6.07) is 3.86. The minimum atomic E-state index is 0.267. The minimum Gasteiger partial charge on any atom is -0.476 e. The van der Waals surface area contributed by atoms with Gasteiger partial charge in [0.05, 0.1) is 12.3 Å². The third kappa shape index (κ3) is 3.79. The Morgan fingerprint density at radius 1 is 1.29 bits per heavy atom. The maximum Gasteiger partial charge on any atom is 0.239 e. The Balaban J connectivity index is 1.67. The zero-order valence-corrected chi connectivity index (χ0v) is 12.5. The summed E-state index contributed by atoms with van der Waals surface area (Å²) in [6.07, 6.45) is 5.73. The van der Waals surface area contributed by atoms with E-state index >= 15 is 0 Å². The van der Waals surface area contributed by atoms with Crippen LogP contribution in [0, 0.1) is 11.8 Å². The summed E-state index contributed by atoms with van der Waals surface area (Å²) in [5.41, 5.74) is 6.58. The lowest BCUT2D eigenvalue weighted by Crippen LogP contribution is -2.36. The number of nitrogens with two attached hydrogens (primary N) is 1. The molecule has 1 aliphatic heterocycles. The molecule has 1 saturated heterocycles. The summed E-state index contributed by atoms with van der Waals surface area (Å²) in [5, 5.41) is 9.11. The molecule has 0 radical (unpaired) electrons. The van der Waals surface area contributed by atoms with Gasteiger partial charge in [-0.1, -0.05) is 0 Å². The third-order valence-corrected chi connectivity index (χ3v) is 4.41. The van der Waals surface area contributed by atoms with Crippen molar-refractivity contribution < 1.29 is 9.84 Å². The van der Waals surface area contributed by atoms with Gasteiger partial charge in [-0.15, -0.1) is 0 Å². The van der Waals surface area contributed by atoms with E-state index in [1.165, 1.54) is 19.3 Å². The molecule has 2 aliphatic rings. The Morgan fingerprint density at radius 2 is 2.14 bits per heavy atom. The monoisotopic (exact) mass is 291 g/mol. The molecule has 2 heterocycles. The first-order valence-electron chi connectivity index (χ1n) is 8.01. The number of rotatable bonds is 6. The number of aromatic nitrogens is 1. The van der Waals surface area contributed by atoms with E-state index in [-0.39, 0.29) is 6.61 Å². The van der Waals surface area contributed by atoms with E-state index in [0.717, 1.165) is 38.4 Å². The van der Waals surface area contributed by atoms with Crippen molar-refractivity contribution in [3.8, 4) is 5.88 Å². The molecular weight excluding hydrogens is 266 g/mol. The van der Waals surface area contributed by atoms with Gasteiger partial charge in [-0.2, -0.15) is 4.98 Å². The molecule has 0 spiro atoms. The van der Waals surface area contributed by atoms with Crippen molar-refractivity contribution in [2.45, 2.75) is 32.1 Å². The van der Waals surface area contributed by atoms with Crippen LogP contribution in [0.4, 0.5) is 11.5 Å². The second-order valence-electron chi connectivity index (χ2n) is 6.28. The van der Waals surface area contributed by atoms with Crippen LogP contribution in [0.1, 0.15) is 32.1 Å². The largest absolute Gasteiger partial charge is 0.476 e. The van der Waals surface area contributed by atoms with Crippen LogP contribution >= 0.6 is 0 Å². The first-order valence-corrected chi connectivity index (χ1v) is 8.01. The van der Waals surface area contributed by atoms with Crippen LogP contribution in [0.2, 0.25) is 0 Å². The third-order valence-electron chi connectivity index (χ3n) is 4.41. The van der Waals surface area contributed by atoms with Crippen molar-refractivity contribution in [2.75, 3.05) is 36.9 Å². The molecule has 0 amide bonds. The second kappa shape index (κ2) is 6.52. The van der Waals surface area contributed by atoms with Crippen molar-refractivity contribution in [1.82, 2.24) is 4.98 Å². The SMILES string of the molecule is Nc1ccc(N2CCCC(CCO)C2)nc1OCC1CC1. The Morgan fingerprint density at radius 3 is 2.90 bits per heavy atom. The van der Waals surface area contributed by atoms with Crippen LogP contribution < -0.4 is 15.4 Å². The van der Waals surface area contributed by atoms with Gasteiger partial charge in [0.25, 0.3) is 0 Å². The fourth-order valence-electron chi connectivity index (χ4n) is 2.91. The van der Waals surface area contributed by atoms with Gasteiger partial charge in [0.1, 0.15) is 5.82 Å². The molecule has 3 N–H and O–H groups in total. The normalized spacial score (nSPS) is 22.3. The topological polar surface area (TPSA) is 71.6 Å². The standard InChI is InChI=1S/C16H25N3O2/c17-14-5-6-15(18-16(14)21-11-13-3-4-13)19-8-1-2-12(10-19)7-9-20/h5-6,12-13,20H,1-4,7-11,17H2. The van der Waals surface area contributed by atoms with Crippen LogP contribution in [0.3, 0.4) is 0 Å². The van der Waals surface area contributed by atoms with Crippen molar-refractivity contribution in [2.24, 2.45) is 11.8 Å². The molecule has 5 nitrogen and oxygen atoms in total. The molecule has 1 saturated carbocycles. The molecule has 2 fully saturated rings. The van der Waals surface area contributed by atoms with E-state index in [9.17, 15) is 0 Å². The predicted molar refractivity (Wildman–Crippen MR) is 83.5 cm³/mol. The highest BCUT2D eigenvalue weighted by atomic mass is 16.5. The van der Waals surface area contributed by atoms with E-state index in [2.05, 4.69) is 9.88 Å². The number of ether oxygens (including phenoxy) is 1. The van der Waals surface area contributed by atoms with E-state index in [0.29, 0.717) is 23.4 Å². The van der Waals surface area contributed by atoms with E-state index < -0.39 is 0 Å². The molecule has 0 aromatic carbocycles. The first-order chi connectivity index (χ1) is 10.3. The average Bonchev–Trinajstić information content (AvgIpc) is 3.31. The average molecular weight is 291 g/mol. The van der Waals surface area contributed by atoms with Gasteiger partial charge in [-0.3, -0.25) is 0 Å². The summed E-state index contributed by atoms with van der Waals surface area (Å²) in [5.74, 6) is 2.76. The van der Waals surface area contributed by atoms with Crippen molar-refractivity contribution >= 4 is 11.5 Å². The van der Waals surface area contributed by atoms with Gasteiger partial charge in [-0.25, -0.2) is 0 Å². The molecule has 1 aliphatic carbocycles. The van der Waals surface area contributed by atoms with Crippen LogP contribution in [-0.4, -0.2) is 36.4 Å². The predicted octanol–water partition coefficient (Wildman–Crippen LogP) is 2.05. The van der Waals surface area contributed by atoms with Crippen LogP contribution in [-0.2, 0) is 0 Å². The van der Waals surface area contributed by atoms with Crippen LogP contribution in [0.25, 0.3) is 0 Å². The first kappa shape index (κ1) is 14.4. The number of hydrogen-bond acceptors (Lipinski definition) is 5. The summed E-state index contributed by atoms with van der Waals surface area (Å²) in [7, 11) is 0. The van der Waals surface area contributed by atoms with Crippen LogP contribution in [0.15, 0.2) is 12.1 Å². The van der Waals surface area contributed by atoms with E-state index in [1.807, 2.05) is 12.1 Å². The maximum absolute atomic E-state index is 9.11. The van der Waals surface area contributed by atoms with Gasteiger partial charge in [0.2, 0.25) is 5.88 Å². The van der Waals surface area contributed by atoms with E-state index in [1.54, 1.807) is 0 Å². The Bertz CT molecular complexity index is 475. The lowest BCUT2D eigenvalue weighted by molar-refractivity contribution is 0.244. The number of piperidine rings is 1. The van der Waals surface area contributed by atoms with Crippen molar-refractivity contribution in [3.05, 3.63) is 12.1 Å². The molecule has 1 unspecified atom stereocenters. The summed E-state index contributed by atoms with van der Waals surface area (Å²) >= 11 is 0. The van der Waals surface area contributed by atoms with Crippen LogP contribution in [0.5, 0.6) is 5.88 Å². The van der Waals surface area contributed by atoms with Gasteiger partial charge < -0.3 is 20.5 Å². The van der Waals surface area contributed by atoms with Crippen molar-refractivity contribution in [1.29, 1.82) is 0 Å². The minimum absolute atomic E-state index is 0.267. The van der Waals surface area contributed by atoms with Gasteiger partial charge >= 0.3 is 0 Å². The molecule has 1 aromatic rings. The highest BCUT2D eigenvalue weighted by Gasteiger charge is 2.24. The number of nitrogen functional groups attached to an aromatic ring is 1. The molecular formula is C16H25N3O2. The summed E-state index contributed by atoms with van der Waals surface area (Å²) in [4.78, 5) is 6.89. The Hall–Kier alpha value is -1.49. The fraction of sp³-hybridized carbons (Fsp3) is 0.688. The zero-order chi connectivity index (χ0) is 14.7. The highest BCUT2D eigenvalue weighted by Crippen LogP contribution is 2.32. The molecule has 0 bridgehead atoms. The molecule has 1 aromatic heterocycles. The Labute approximate surface area is 126 Å². The van der Waals surface area contributed by atoms with Gasteiger partial charge in [0.15, 0.2) is 0 Å². The summed E-state index contributed by atoms with van der Waals surface area (Å²) in [6.45, 7) is 2.97. The maximum atomic E-state index is 9.11. The Kier molecular flexibility index (Phi) is 4.48. The molecule has 3 rings (SSSR count). The lowest BCUT2D eigenvalue weighted by Gasteiger charge is -2.33. The number of aliphatic hydroxyl groups excluding tert-OH is 1. The number of pyridine rings is 1. The van der Waals surface area contributed by atoms with Gasteiger partial charge in [0, 0.05) is 19.7 Å². The van der Waals surface area contributed by atoms with Crippen molar-refractivity contribution in [3.63, 3.8) is 0 Å². The second-order valence-corrected chi connectivity index (χ2v) is 6.28. The molecule has 116 valence electrons. The lowest BCUT2D eigenvalue weighted by atomic mass is 9.95. The smallest absolute Gasteiger partial charge is 0.239 e. The van der Waals surface area contributed by atoms with E-state index in [4.69, 9.17) is 15.6 Å². The zero-order valence-electron chi connectivity index (χ0n) is 12.5. The fourth-order valence-corrected chi connectivity index (χ4v) is 2.91. The summed E-state index contributed by atoms with van der Waals surface area (Å²) < 4.78 is 5.76. The quantitative estimate of drug-likeness (QED) is 0.839. The number of aliphatic hydroxyl groups is 1.